The number of carbonyl (C=O) groups excluding carboxylic acids is 1. The van der Waals surface area contributed by atoms with Crippen molar-refractivity contribution in [2.45, 2.75) is 6.92 Å². The molecule has 0 aliphatic heterocycles. The van der Waals surface area contributed by atoms with Gasteiger partial charge in [-0.25, -0.2) is 9.89 Å². The fourth-order valence-electron chi connectivity index (χ4n) is 0.782. The molecule has 76 valence electrons. The van der Waals surface area contributed by atoms with E-state index in [1.54, 1.807) is 6.92 Å². The molecule has 14 heavy (non-hydrogen) atoms. The molecule has 0 spiro atoms. The van der Waals surface area contributed by atoms with Crippen LogP contribution in [0.15, 0.2) is 17.1 Å². The van der Waals surface area contributed by atoms with Crippen molar-refractivity contribution in [2.24, 2.45) is 0 Å². The van der Waals surface area contributed by atoms with Crippen molar-refractivity contribution in [2.75, 3.05) is 13.2 Å². The molecule has 1 aromatic rings. The third-order valence-corrected chi connectivity index (χ3v) is 1.30. The summed E-state index contributed by atoms with van der Waals surface area (Å²) in [6, 6.07) is 1.20. The zero-order chi connectivity index (χ0) is 10.4. The van der Waals surface area contributed by atoms with Gasteiger partial charge in [0.15, 0.2) is 6.61 Å². The van der Waals surface area contributed by atoms with E-state index in [1.165, 1.54) is 12.3 Å². The molecular formula is C8H10N2O4. The fourth-order valence-corrected chi connectivity index (χ4v) is 0.782. The van der Waals surface area contributed by atoms with Gasteiger partial charge in [-0.05, 0) is 6.92 Å². The molecule has 0 aromatic carbocycles. The molecule has 0 bridgehead atoms. The maximum atomic E-state index is 10.8. The fraction of sp³-hybridized carbons (Fsp3) is 0.375. The average molecular weight is 198 g/mol. The van der Waals surface area contributed by atoms with Gasteiger partial charge >= 0.3 is 5.97 Å². The van der Waals surface area contributed by atoms with Crippen LogP contribution in [0, 0.1) is 0 Å². The maximum absolute atomic E-state index is 10.8. The first-order valence-corrected chi connectivity index (χ1v) is 4.05. The Labute approximate surface area is 79.8 Å². The molecule has 0 fully saturated rings. The van der Waals surface area contributed by atoms with E-state index in [2.05, 4.69) is 14.9 Å². The number of nitrogens with one attached hydrogen (secondary N) is 1. The standard InChI is InChI=1S/C8H10N2O4/c1-2-13-8(12)5-14-6-3-7(11)10-9-4-6/h3-4H,2,5H2,1H3,(H,10,11). The summed E-state index contributed by atoms with van der Waals surface area (Å²) in [5.74, 6) is -0.241. The Morgan fingerprint density at radius 2 is 2.43 bits per heavy atom. The van der Waals surface area contributed by atoms with Gasteiger partial charge in [-0.3, -0.25) is 4.79 Å². The van der Waals surface area contributed by atoms with Gasteiger partial charge in [0.25, 0.3) is 5.56 Å². The second kappa shape index (κ2) is 5.00. The van der Waals surface area contributed by atoms with E-state index in [9.17, 15) is 9.59 Å². The number of carbonyl (C=O) groups is 1. The van der Waals surface area contributed by atoms with Crippen LogP contribution in [0.3, 0.4) is 0 Å². The van der Waals surface area contributed by atoms with Crippen molar-refractivity contribution < 1.29 is 14.3 Å². The summed E-state index contributed by atoms with van der Waals surface area (Å²) >= 11 is 0. The Hall–Kier alpha value is -1.85. The lowest BCUT2D eigenvalue weighted by Gasteiger charge is -2.03. The van der Waals surface area contributed by atoms with E-state index in [4.69, 9.17) is 4.74 Å². The van der Waals surface area contributed by atoms with Crippen LogP contribution in [0.2, 0.25) is 0 Å². The van der Waals surface area contributed by atoms with Gasteiger partial charge in [0.2, 0.25) is 0 Å². The number of H-pyrrole nitrogens is 1. The Morgan fingerprint density at radius 3 is 3.07 bits per heavy atom. The van der Waals surface area contributed by atoms with E-state index in [-0.39, 0.29) is 17.9 Å². The molecule has 0 atom stereocenters. The monoisotopic (exact) mass is 198 g/mol. The van der Waals surface area contributed by atoms with Crippen LogP contribution in [-0.4, -0.2) is 29.4 Å². The summed E-state index contributed by atoms with van der Waals surface area (Å²) in [5.41, 5.74) is -0.383. The summed E-state index contributed by atoms with van der Waals surface area (Å²) < 4.78 is 9.57. The summed E-state index contributed by atoms with van der Waals surface area (Å²) in [7, 11) is 0. The van der Waals surface area contributed by atoms with Crippen molar-refractivity contribution in [3.05, 3.63) is 22.6 Å². The number of nitrogens with zero attached hydrogens (tertiary/aromatic N) is 1. The second-order valence-corrected chi connectivity index (χ2v) is 2.37. The van der Waals surface area contributed by atoms with E-state index in [1.807, 2.05) is 0 Å². The number of rotatable bonds is 4. The normalized spacial score (nSPS) is 9.50. The van der Waals surface area contributed by atoms with E-state index in [0.29, 0.717) is 6.61 Å². The van der Waals surface area contributed by atoms with Crippen molar-refractivity contribution in [1.82, 2.24) is 10.2 Å². The van der Waals surface area contributed by atoms with Gasteiger partial charge in [-0.15, -0.1) is 0 Å². The van der Waals surface area contributed by atoms with Crippen LogP contribution in [0.25, 0.3) is 0 Å². The van der Waals surface area contributed by atoms with Crippen LogP contribution >= 0.6 is 0 Å². The Kier molecular flexibility index (Phi) is 3.66. The van der Waals surface area contributed by atoms with Crippen LogP contribution < -0.4 is 10.3 Å². The number of aromatic amines is 1. The van der Waals surface area contributed by atoms with Gasteiger partial charge in [0.05, 0.1) is 12.8 Å². The zero-order valence-electron chi connectivity index (χ0n) is 7.65. The number of ether oxygens (including phenoxy) is 2. The molecule has 1 rings (SSSR count). The molecular weight excluding hydrogens is 188 g/mol. The van der Waals surface area contributed by atoms with Gasteiger partial charge in [-0.2, -0.15) is 5.10 Å². The highest BCUT2D eigenvalue weighted by Gasteiger charge is 2.02. The topological polar surface area (TPSA) is 81.3 Å². The molecule has 0 saturated carbocycles. The third-order valence-electron chi connectivity index (χ3n) is 1.30. The first-order valence-electron chi connectivity index (χ1n) is 4.05. The lowest BCUT2D eigenvalue weighted by Crippen LogP contribution is -2.16. The smallest absolute Gasteiger partial charge is 0.344 e. The van der Waals surface area contributed by atoms with E-state index < -0.39 is 5.97 Å². The minimum Gasteiger partial charge on any atom is -0.480 e. The van der Waals surface area contributed by atoms with Gasteiger partial charge in [0, 0.05) is 6.07 Å². The van der Waals surface area contributed by atoms with Gasteiger partial charge in [-0.1, -0.05) is 0 Å². The molecule has 0 saturated heterocycles. The van der Waals surface area contributed by atoms with Crippen molar-refractivity contribution >= 4 is 5.97 Å². The third kappa shape index (κ3) is 3.26. The Morgan fingerprint density at radius 1 is 1.64 bits per heavy atom. The highest BCUT2D eigenvalue weighted by Crippen LogP contribution is 2.01. The molecule has 0 amide bonds. The summed E-state index contributed by atoms with van der Waals surface area (Å²) in [5, 5.41) is 5.68. The average Bonchev–Trinajstić information content (AvgIpc) is 2.15. The lowest BCUT2D eigenvalue weighted by molar-refractivity contribution is -0.145. The number of hydrogen-bond donors (Lipinski definition) is 1. The minimum atomic E-state index is -0.479. The van der Waals surface area contributed by atoms with E-state index >= 15 is 0 Å². The van der Waals surface area contributed by atoms with Gasteiger partial charge in [0.1, 0.15) is 5.75 Å². The SMILES string of the molecule is CCOC(=O)COc1cn[nH]c(=O)c1. The number of aromatic nitrogens is 2. The molecule has 1 heterocycles. The Bertz CT molecular complexity index is 360. The quantitative estimate of drug-likeness (QED) is 0.672. The minimum absolute atomic E-state index is 0.223. The molecule has 6 nitrogen and oxygen atoms in total. The van der Waals surface area contributed by atoms with Crippen LogP contribution in [0.5, 0.6) is 5.75 Å². The van der Waals surface area contributed by atoms with Crippen molar-refractivity contribution in [3.8, 4) is 5.75 Å². The number of esters is 1. The zero-order valence-corrected chi connectivity index (χ0v) is 7.65. The molecule has 0 aliphatic carbocycles. The van der Waals surface area contributed by atoms with Crippen LogP contribution in [0.1, 0.15) is 6.92 Å². The predicted octanol–water partition coefficient (Wildman–Crippen LogP) is -0.288. The summed E-state index contributed by atoms with van der Waals surface area (Å²) in [6.45, 7) is 1.78. The molecule has 1 aromatic heterocycles. The molecule has 0 radical (unpaired) electrons. The highest BCUT2D eigenvalue weighted by atomic mass is 16.6. The molecule has 0 unspecified atom stereocenters. The first kappa shape index (κ1) is 10.2. The first-order chi connectivity index (χ1) is 6.72. The maximum Gasteiger partial charge on any atom is 0.344 e. The molecule has 0 aliphatic rings. The Balaban J connectivity index is 2.46. The summed E-state index contributed by atoms with van der Waals surface area (Å²) in [4.78, 5) is 21.6. The molecule has 6 heteroatoms. The molecule has 1 N–H and O–H groups in total. The van der Waals surface area contributed by atoms with Crippen molar-refractivity contribution in [1.29, 1.82) is 0 Å². The lowest BCUT2D eigenvalue weighted by atomic mass is 10.5. The summed E-state index contributed by atoms with van der Waals surface area (Å²) in [6.07, 6.45) is 1.31. The van der Waals surface area contributed by atoms with Crippen LogP contribution in [0.4, 0.5) is 0 Å². The predicted molar refractivity (Wildman–Crippen MR) is 47.0 cm³/mol. The second-order valence-electron chi connectivity index (χ2n) is 2.37. The highest BCUT2D eigenvalue weighted by molar-refractivity contribution is 5.71. The van der Waals surface area contributed by atoms with Crippen LogP contribution in [-0.2, 0) is 9.53 Å². The van der Waals surface area contributed by atoms with Gasteiger partial charge < -0.3 is 9.47 Å². The largest absolute Gasteiger partial charge is 0.480 e. The van der Waals surface area contributed by atoms with Crippen molar-refractivity contribution in [3.63, 3.8) is 0 Å². The number of hydrogen-bond acceptors (Lipinski definition) is 5. The van der Waals surface area contributed by atoms with E-state index in [0.717, 1.165) is 0 Å².